The van der Waals surface area contributed by atoms with Gasteiger partial charge in [-0.2, -0.15) is 0 Å². The Morgan fingerprint density at radius 1 is 1.42 bits per heavy atom. The average Bonchev–Trinajstić information content (AvgIpc) is 1.91. The maximum absolute atomic E-state index is 5.71. The maximum Gasteiger partial charge on any atom is 0.244 e. The van der Waals surface area contributed by atoms with Gasteiger partial charge in [0, 0.05) is 6.20 Å². The van der Waals surface area contributed by atoms with Gasteiger partial charge in [0.25, 0.3) is 0 Å². The van der Waals surface area contributed by atoms with Gasteiger partial charge in [0.05, 0.1) is 4.47 Å². The topological polar surface area (TPSA) is 22.1 Å². The predicted molar refractivity (Wildman–Crippen MR) is 55.9 cm³/mol. The van der Waals surface area contributed by atoms with Crippen LogP contribution in [0.15, 0.2) is 22.8 Å². The van der Waals surface area contributed by atoms with Crippen molar-refractivity contribution >= 4 is 24.2 Å². The average molecular weight is 246 g/mol. The van der Waals surface area contributed by atoms with Gasteiger partial charge in [0.2, 0.25) is 14.2 Å². The predicted octanol–water partition coefficient (Wildman–Crippen LogP) is 3.06. The Morgan fingerprint density at radius 3 is 2.58 bits per heavy atom. The van der Waals surface area contributed by atoms with Gasteiger partial charge >= 0.3 is 0 Å². The van der Waals surface area contributed by atoms with Crippen molar-refractivity contribution in [1.29, 1.82) is 0 Å². The SMILES string of the molecule is C[Si](C)(C)Oc1ncccc1Br. The van der Waals surface area contributed by atoms with Crippen LogP contribution < -0.4 is 4.43 Å². The zero-order valence-corrected chi connectivity index (χ0v) is 10.1. The third-order valence-electron chi connectivity index (χ3n) is 1.13. The first-order chi connectivity index (χ1) is 5.49. The Labute approximate surface area is 82.2 Å². The highest BCUT2D eigenvalue weighted by Gasteiger charge is 2.18. The second-order valence-electron chi connectivity index (χ2n) is 3.50. The van der Waals surface area contributed by atoms with E-state index in [0.717, 1.165) is 4.47 Å². The number of hydrogen-bond acceptors (Lipinski definition) is 2. The lowest BCUT2D eigenvalue weighted by Gasteiger charge is -2.18. The molecular weight excluding hydrogens is 234 g/mol. The van der Waals surface area contributed by atoms with Crippen LogP contribution in [0.3, 0.4) is 0 Å². The third kappa shape index (κ3) is 2.95. The molecule has 0 bridgehead atoms. The second-order valence-corrected chi connectivity index (χ2v) is 8.79. The van der Waals surface area contributed by atoms with E-state index in [0.29, 0.717) is 5.88 Å². The highest BCUT2D eigenvalue weighted by molar-refractivity contribution is 9.10. The molecule has 1 heterocycles. The molecule has 0 aliphatic carbocycles. The lowest BCUT2D eigenvalue weighted by molar-refractivity contribution is 0.530. The molecule has 1 aromatic rings. The van der Waals surface area contributed by atoms with Gasteiger partial charge < -0.3 is 4.43 Å². The van der Waals surface area contributed by atoms with E-state index in [1.54, 1.807) is 6.20 Å². The van der Waals surface area contributed by atoms with Gasteiger partial charge in [0.1, 0.15) is 0 Å². The molecule has 4 heteroatoms. The molecule has 1 rings (SSSR count). The van der Waals surface area contributed by atoms with Crippen LogP contribution in [0.2, 0.25) is 19.6 Å². The van der Waals surface area contributed by atoms with Crippen LogP contribution in [-0.4, -0.2) is 13.3 Å². The number of aromatic nitrogens is 1. The number of nitrogens with zero attached hydrogens (tertiary/aromatic N) is 1. The summed E-state index contributed by atoms with van der Waals surface area (Å²) in [7, 11) is -1.52. The molecule has 0 amide bonds. The lowest BCUT2D eigenvalue weighted by atomic mass is 10.5. The third-order valence-corrected chi connectivity index (χ3v) is 2.54. The normalized spacial score (nSPS) is 11.3. The zero-order chi connectivity index (χ0) is 9.19. The van der Waals surface area contributed by atoms with E-state index in [2.05, 4.69) is 40.6 Å². The Morgan fingerprint density at radius 2 is 2.08 bits per heavy atom. The van der Waals surface area contributed by atoms with Crippen molar-refractivity contribution in [2.45, 2.75) is 19.6 Å². The Hall–Kier alpha value is -0.353. The Bertz CT molecular complexity index is 272. The Balaban J connectivity index is 2.83. The molecule has 0 aliphatic rings. The van der Waals surface area contributed by atoms with Gasteiger partial charge in [-0.25, -0.2) is 4.98 Å². The Kier molecular flexibility index (Phi) is 2.90. The fraction of sp³-hybridized carbons (Fsp3) is 0.375. The van der Waals surface area contributed by atoms with Crippen molar-refractivity contribution in [3.63, 3.8) is 0 Å². The monoisotopic (exact) mass is 245 g/mol. The van der Waals surface area contributed by atoms with Crippen LogP contribution in [0.1, 0.15) is 0 Å². The minimum absolute atomic E-state index is 0.705. The minimum Gasteiger partial charge on any atom is -0.531 e. The van der Waals surface area contributed by atoms with Gasteiger partial charge in [-0.15, -0.1) is 0 Å². The van der Waals surface area contributed by atoms with Crippen molar-refractivity contribution in [2.75, 3.05) is 0 Å². The van der Waals surface area contributed by atoms with Crippen molar-refractivity contribution in [3.05, 3.63) is 22.8 Å². The first kappa shape index (κ1) is 9.73. The van der Waals surface area contributed by atoms with Crippen molar-refractivity contribution in [2.24, 2.45) is 0 Å². The molecule has 0 atom stereocenters. The fourth-order valence-corrected chi connectivity index (χ4v) is 1.96. The van der Waals surface area contributed by atoms with Crippen molar-refractivity contribution in [1.82, 2.24) is 4.98 Å². The molecular formula is C8H12BrNOSi. The van der Waals surface area contributed by atoms with Gasteiger partial charge in [-0.05, 0) is 47.7 Å². The van der Waals surface area contributed by atoms with E-state index < -0.39 is 8.32 Å². The summed E-state index contributed by atoms with van der Waals surface area (Å²) in [6.07, 6.45) is 1.74. The van der Waals surface area contributed by atoms with Crippen molar-refractivity contribution in [3.8, 4) is 5.88 Å². The summed E-state index contributed by atoms with van der Waals surface area (Å²) < 4.78 is 6.64. The number of hydrogen-bond donors (Lipinski definition) is 0. The van der Waals surface area contributed by atoms with E-state index in [9.17, 15) is 0 Å². The zero-order valence-electron chi connectivity index (χ0n) is 7.47. The molecule has 0 spiro atoms. The molecule has 66 valence electrons. The highest BCUT2D eigenvalue weighted by atomic mass is 79.9. The van der Waals surface area contributed by atoms with E-state index in [1.165, 1.54) is 0 Å². The van der Waals surface area contributed by atoms with Crippen LogP contribution in [0.5, 0.6) is 5.88 Å². The largest absolute Gasteiger partial charge is 0.531 e. The van der Waals surface area contributed by atoms with E-state index >= 15 is 0 Å². The molecule has 2 nitrogen and oxygen atoms in total. The molecule has 0 N–H and O–H groups in total. The van der Waals surface area contributed by atoms with Crippen LogP contribution in [-0.2, 0) is 0 Å². The molecule has 0 saturated heterocycles. The first-order valence-electron chi connectivity index (χ1n) is 3.78. The van der Waals surface area contributed by atoms with Gasteiger partial charge in [-0.1, -0.05) is 0 Å². The van der Waals surface area contributed by atoms with Crippen LogP contribution >= 0.6 is 15.9 Å². The van der Waals surface area contributed by atoms with E-state index in [-0.39, 0.29) is 0 Å². The van der Waals surface area contributed by atoms with E-state index in [1.807, 2.05) is 12.1 Å². The number of halogens is 1. The second kappa shape index (κ2) is 3.58. The molecule has 0 aliphatic heterocycles. The quantitative estimate of drug-likeness (QED) is 0.748. The molecule has 12 heavy (non-hydrogen) atoms. The van der Waals surface area contributed by atoms with Crippen LogP contribution in [0.4, 0.5) is 0 Å². The molecule has 0 radical (unpaired) electrons. The summed E-state index contributed by atoms with van der Waals surface area (Å²) >= 11 is 3.38. The molecule has 0 fully saturated rings. The summed E-state index contributed by atoms with van der Waals surface area (Å²) in [5, 5.41) is 0. The van der Waals surface area contributed by atoms with Crippen LogP contribution in [0.25, 0.3) is 0 Å². The molecule has 1 aromatic heterocycles. The number of rotatable bonds is 2. The summed E-state index contributed by atoms with van der Waals surface area (Å²) in [5.41, 5.74) is 0. The highest BCUT2D eigenvalue weighted by Crippen LogP contribution is 2.23. The smallest absolute Gasteiger partial charge is 0.244 e. The van der Waals surface area contributed by atoms with Gasteiger partial charge in [0.15, 0.2) is 0 Å². The van der Waals surface area contributed by atoms with Crippen LogP contribution in [0, 0.1) is 0 Å². The summed E-state index contributed by atoms with van der Waals surface area (Å²) in [4.78, 5) is 4.13. The first-order valence-corrected chi connectivity index (χ1v) is 7.99. The standard InChI is InChI=1S/C8H12BrNOSi/c1-12(2,3)11-8-7(9)5-4-6-10-8/h4-6H,1-3H3. The molecule has 0 unspecified atom stereocenters. The summed E-state index contributed by atoms with van der Waals surface area (Å²) in [5.74, 6) is 0.705. The van der Waals surface area contributed by atoms with E-state index in [4.69, 9.17) is 4.43 Å². The molecule has 0 aromatic carbocycles. The maximum atomic E-state index is 5.71. The summed E-state index contributed by atoms with van der Waals surface area (Å²) in [6.45, 7) is 6.40. The number of pyridine rings is 1. The minimum atomic E-state index is -1.52. The lowest BCUT2D eigenvalue weighted by Crippen LogP contribution is -2.29. The molecule has 0 saturated carbocycles. The van der Waals surface area contributed by atoms with Crippen molar-refractivity contribution < 1.29 is 4.43 Å². The summed E-state index contributed by atoms with van der Waals surface area (Å²) in [6, 6.07) is 3.81. The van der Waals surface area contributed by atoms with Gasteiger partial charge in [-0.3, -0.25) is 0 Å². The fourth-order valence-electron chi connectivity index (χ4n) is 0.736.